The lowest BCUT2D eigenvalue weighted by atomic mass is 9.83. The van der Waals surface area contributed by atoms with E-state index in [0.29, 0.717) is 0 Å². The van der Waals surface area contributed by atoms with Gasteiger partial charge in [-0.05, 0) is 95.0 Å². The Bertz CT molecular complexity index is 2220. The molecule has 0 amide bonds. The van der Waals surface area contributed by atoms with Gasteiger partial charge < -0.3 is 0 Å². The molecule has 0 aliphatic heterocycles. The maximum Gasteiger partial charge on any atom is -0.00201 e. The van der Waals surface area contributed by atoms with E-state index in [4.69, 9.17) is 0 Å². The molecule has 0 N–H and O–H groups in total. The fourth-order valence-electron chi connectivity index (χ4n) is 6.43. The van der Waals surface area contributed by atoms with E-state index in [9.17, 15) is 0 Å². The van der Waals surface area contributed by atoms with Crippen molar-refractivity contribution in [3.8, 4) is 44.5 Å². The highest BCUT2D eigenvalue weighted by molar-refractivity contribution is 6.22. The third kappa shape index (κ3) is 4.17. The van der Waals surface area contributed by atoms with Crippen molar-refractivity contribution in [3.05, 3.63) is 170 Å². The summed E-state index contributed by atoms with van der Waals surface area (Å²) < 4.78 is 0. The topological polar surface area (TPSA) is 0 Å². The summed E-state index contributed by atoms with van der Waals surface area (Å²) in [4.78, 5) is 0. The number of hydrogen-bond donors (Lipinski definition) is 0. The van der Waals surface area contributed by atoms with Gasteiger partial charge in [0.15, 0.2) is 0 Å². The Morgan fingerprint density at radius 3 is 1.55 bits per heavy atom. The van der Waals surface area contributed by atoms with Gasteiger partial charge in [-0.1, -0.05) is 152 Å². The second-order valence-corrected chi connectivity index (χ2v) is 10.9. The zero-order valence-electron chi connectivity index (χ0n) is 23.2. The van der Waals surface area contributed by atoms with Crippen molar-refractivity contribution in [2.75, 3.05) is 0 Å². The van der Waals surface area contributed by atoms with Gasteiger partial charge in [0.25, 0.3) is 0 Å². The van der Waals surface area contributed by atoms with Crippen molar-refractivity contribution in [1.82, 2.24) is 0 Å². The van der Waals surface area contributed by atoms with Gasteiger partial charge >= 0.3 is 0 Å². The Labute approximate surface area is 246 Å². The number of hydrogen-bond acceptors (Lipinski definition) is 0. The normalized spacial score (nSPS) is 11.3. The van der Waals surface area contributed by atoms with Crippen LogP contribution in [0.5, 0.6) is 0 Å². The minimum Gasteiger partial charge on any atom is -0.0622 e. The molecule has 0 aromatic heterocycles. The summed E-state index contributed by atoms with van der Waals surface area (Å²) in [6.45, 7) is 0. The molecule has 0 saturated carbocycles. The summed E-state index contributed by atoms with van der Waals surface area (Å²) in [5, 5.41) is 7.62. The van der Waals surface area contributed by atoms with Crippen molar-refractivity contribution in [2.45, 2.75) is 0 Å². The first-order valence-corrected chi connectivity index (χ1v) is 14.5. The smallest absolute Gasteiger partial charge is 0.00201 e. The number of benzene rings is 8. The molecular weight excluding hydrogens is 504 g/mol. The maximum absolute atomic E-state index is 2.39. The first kappa shape index (κ1) is 24.3. The second-order valence-electron chi connectivity index (χ2n) is 10.9. The largest absolute Gasteiger partial charge is 0.0622 e. The van der Waals surface area contributed by atoms with E-state index < -0.39 is 0 Å². The molecule has 0 saturated heterocycles. The van der Waals surface area contributed by atoms with E-state index in [1.165, 1.54) is 76.8 Å². The van der Waals surface area contributed by atoms with E-state index in [2.05, 4.69) is 170 Å². The fraction of sp³-hybridized carbons (Fsp3) is 0. The monoisotopic (exact) mass is 532 g/mol. The third-order valence-electron chi connectivity index (χ3n) is 8.43. The van der Waals surface area contributed by atoms with Gasteiger partial charge in [-0.2, -0.15) is 0 Å². The average molecular weight is 533 g/mol. The van der Waals surface area contributed by atoms with Crippen LogP contribution in [0, 0.1) is 0 Å². The lowest BCUT2D eigenvalue weighted by Crippen LogP contribution is -1.93. The van der Waals surface area contributed by atoms with E-state index in [1.54, 1.807) is 0 Å². The van der Waals surface area contributed by atoms with Gasteiger partial charge in [0.05, 0.1) is 0 Å². The van der Waals surface area contributed by atoms with Crippen LogP contribution in [-0.2, 0) is 0 Å². The summed E-state index contributed by atoms with van der Waals surface area (Å²) in [7, 11) is 0. The molecule has 0 atom stereocenters. The Balaban J connectivity index is 1.44. The highest BCUT2D eigenvalue weighted by atomic mass is 14.2. The van der Waals surface area contributed by atoms with Crippen LogP contribution in [0.3, 0.4) is 0 Å². The van der Waals surface area contributed by atoms with Gasteiger partial charge in [0, 0.05) is 0 Å². The first-order valence-electron chi connectivity index (χ1n) is 14.5. The minimum absolute atomic E-state index is 1.22. The summed E-state index contributed by atoms with van der Waals surface area (Å²) in [6.07, 6.45) is 0. The van der Waals surface area contributed by atoms with Crippen molar-refractivity contribution in [1.29, 1.82) is 0 Å². The van der Waals surface area contributed by atoms with Gasteiger partial charge in [-0.15, -0.1) is 0 Å². The SMILES string of the molecule is c1ccc(-c2ccc3c(c2)c(-c2ccccc2)c(-c2cccc(-c4ccc5ccccc5c4)c2)c2ccccc23)cc1. The predicted molar refractivity (Wildman–Crippen MR) is 181 cm³/mol. The maximum atomic E-state index is 2.39. The standard InChI is InChI=1S/C42H28/c1-3-12-29(13-4-1)35-24-25-38-37-20-9-10-21-39(37)42(41(40(38)28-35)31-15-5-2-6-16-31)36-19-11-18-33(27-36)34-23-22-30-14-7-8-17-32(30)26-34/h1-28H. The molecular formula is C42H28. The number of rotatable bonds is 4. The molecule has 0 fully saturated rings. The van der Waals surface area contributed by atoms with Gasteiger partial charge in [-0.3, -0.25) is 0 Å². The lowest BCUT2D eigenvalue weighted by molar-refractivity contribution is 1.60. The van der Waals surface area contributed by atoms with Crippen LogP contribution >= 0.6 is 0 Å². The van der Waals surface area contributed by atoms with Crippen LogP contribution in [0.1, 0.15) is 0 Å². The lowest BCUT2D eigenvalue weighted by Gasteiger charge is -2.20. The highest BCUT2D eigenvalue weighted by Crippen LogP contribution is 2.46. The van der Waals surface area contributed by atoms with Crippen molar-refractivity contribution in [3.63, 3.8) is 0 Å². The molecule has 0 heterocycles. The quantitative estimate of drug-likeness (QED) is 0.198. The zero-order valence-corrected chi connectivity index (χ0v) is 23.2. The molecule has 0 spiro atoms. The minimum atomic E-state index is 1.22. The molecule has 8 aromatic rings. The molecule has 8 rings (SSSR count). The fourth-order valence-corrected chi connectivity index (χ4v) is 6.43. The van der Waals surface area contributed by atoms with Crippen LogP contribution in [0.25, 0.3) is 76.8 Å². The zero-order chi connectivity index (χ0) is 27.9. The van der Waals surface area contributed by atoms with E-state index in [1.807, 2.05) is 0 Å². The summed E-state index contributed by atoms with van der Waals surface area (Å²) in [5.74, 6) is 0. The highest BCUT2D eigenvalue weighted by Gasteiger charge is 2.18. The molecule has 196 valence electrons. The third-order valence-corrected chi connectivity index (χ3v) is 8.43. The molecule has 8 aromatic carbocycles. The van der Waals surface area contributed by atoms with Crippen molar-refractivity contribution >= 4 is 32.3 Å². The van der Waals surface area contributed by atoms with Crippen molar-refractivity contribution in [2.24, 2.45) is 0 Å². The summed E-state index contributed by atoms with van der Waals surface area (Å²) >= 11 is 0. The van der Waals surface area contributed by atoms with Gasteiger partial charge in [-0.25, -0.2) is 0 Å². The molecule has 0 radical (unpaired) electrons. The molecule has 0 aliphatic carbocycles. The molecule has 42 heavy (non-hydrogen) atoms. The van der Waals surface area contributed by atoms with Crippen molar-refractivity contribution < 1.29 is 0 Å². The molecule has 0 bridgehead atoms. The Hall–Kier alpha value is -5.46. The van der Waals surface area contributed by atoms with Gasteiger partial charge in [0.1, 0.15) is 0 Å². The van der Waals surface area contributed by atoms with E-state index in [-0.39, 0.29) is 0 Å². The van der Waals surface area contributed by atoms with Gasteiger partial charge in [0.2, 0.25) is 0 Å². The molecule has 0 aliphatic rings. The molecule has 0 heteroatoms. The molecule has 0 nitrogen and oxygen atoms in total. The Morgan fingerprint density at radius 1 is 0.214 bits per heavy atom. The van der Waals surface area contributed by atoms with E-state index in [0.717, 1.165) is 0 Å². The Kier molecular flexibility index (Phi) is 5.90. The van der Waals surface area contributed by atoms with Crippen LogP contribution < -0.4 is 0 Å². The van der Waals surface area contributed by atoms with Crippen LogP contribution in [0.15, 0.2) is 170 Å². The number of fused-ring (bicyclic) bond motifs is 4. The van der Waals surface area contributed by atoms with E-state index >= 15 is 0 Å². The van der Waals surface area contributed by atoms with Crippen LogP contribution in [-0.4, -0.2) is 0 Å². The van der Waals surface area contributed by atoms with Crippen LogP contribution in [0.4, 0.5) is 0 Å². The second kappa shape index (κ2) is 10.2. The summed E-state index contributed by atoms with van der Waals surface area (Å²) in [5.41, 5.74) is 9.91. The first-order chi connectivity index (χ1) is 20.8. The summed E-state index contributed by atoms with van der Waals surface area (Å²) in [6, 6.07) is 61.8. The molecule has 0 unspecified atom stereocenters. The average Bonchev–Trinajstić information content (AvgIpc) is 3.08. The Morgan fingerprint density at radius 2 is 0.738 bits per heavy atom. The predicted octanol–water partition coefficient (Wildman–Crippen LogP) is 11.8. The van der Waals surface area contributed by atoms with Crippen LogP contribution in [0.2, 0.25) is 0 Å².